The van der Waals surface area contributed by atoms with Crippen LogP contribution in [0, 0.1) is 0 Å². The van der Waals surface area contributed by atoms with Gasteiger partial charge < -0.3 is 23.5 Å². The number of carbonyl (C=O) groups is 1. The fraction of sp³-hybridized carbons (Fsp3) is 0.333. The first kappa shape index (κ1) is 25.7. The number of aromatic nitrogens is 5. The van der Waals surface area contributed by atoms with Crippen molar-refractivity contribution < 1.29 is 23.7 Å². The van der Waals surface area contributed by atoms with Crippen molar-refractivity contribution in [3.05, 3.63) is 82.4 Å². The van der Waals surface area contributed by atoms with Crippen LogP contribution in [-0.4, -0.2) is 51.6 Å². The van der Waals surface area contributed by atoms with E-state index in [4.69, 9.17) is 30.5 Å². The van der Waals surface area contributed by atoms with Crippen LogP contribution in [0.5, 0.6) is 11.5 Å². The number of carbonyl (C=O) groups excluding carboxylic acids is 1. The maximum absolute atomic E-state index is 12.0. The van der Waals surface area contributed by atoms with Gasteiger partial charge in [-0.1, -0.05) is 23.7 Å². The molecule has 4 aromatic rings. The minimum Gasteiger partial charge on any atom is -0.493 e. The molecule has 0 saturated carbocycles. The predicted octanol–water partition coefficient (Wildman–Crippen LogP) is 4.49. The lowest BCUT2D eigenvalue weighted by molar-refractivity contribution is -0.142. The van der Waals surface area contributed by atoms with Crippen LogP contribution in [0.15, 0.2) is 54.7 Å². The number of benzene rings is 2. The lowest BCUT2D eigenvalue weighted by atomic mass is 9.98. The van der Waals surface area contributed by atoms with Crippen LogP contribution in [0.1, 0.15) is 48.2 Å². The smallest absolute Gasteiger partial charge is 0.313 e. The second kappa shape index (κ2) is 11.2. The number of hydrogen-bond acceptors (Lipinski definition) is 8. The van der Waals surface area contributed by atoms with Gasteiger partial charge in [-0.2, -0.15) is 0 Å². The van der Waals surface area contributed by atoms with Crippen LogP contribution >= 0.6 is 11.6 Å². The molecule has 11 heteroatoms. The molecule has 0 unspecified atom stereocenters. The van der Waals surface area contributed by atoms with Crippen LogP contribution in [0.25, 0.3) is 5.69 Å². The van der Waals surface area contributed by atoms with Gasteiger partial charge >= 0.3 is 5.97 Å². The Morgan fingerprint density at radius 1 is 1.11 bits per heavy atom. The molecule has 2 aromatic carbocycles. The maximum atomic E-state index is 12.0. The molecular weight excluding hydrogens is 510 g/mol. The first-order valence-electron chi connectivity index (χ1n) is 12.3. The Bertz CT molecular complexity index is 1430. The second-order valence-electron chi connectivity index (χ2n) is 8.68. The monoisotopic (exact) mass is 537 g/mol. The van der Waals surface area contributed by atoms with Gasteiger partial charge in [0, 0.05) is 28.9 Å². The average Bonchev–Trinajstić information content (AvgIpc) is 3.56. The molecule has 0 fully saturated rings. The van der Waals surface area contributed by atoms with Crippen LogP contribution in [0.4, 0.5) is 0 Å². The highest BCUT2D eigenvalue weighted by Gasteiger charge is 2.33. The number of methoxy groups -OCH3 is 2. The van der Waals surface area contributed by atoms with E-state index in [-0.39, 0.29) is 18.5 Å². The molecule has 0 N–H and O–H groups in total. The maximum Gasteiger partial charge on any atom is 0.313 e. The Kier molecular flexibility index (Phi) is 7.62. The van der Waals surface area contributed by atoms with Gasteiger partial charge in [-0.05, 0) is 60.2 Å². The van der Waals surface area contributed by atoms with E-state index in [1.807, 2.05) is 54.7 Å². The summed E-state index contributed by atoms with van der Waals surface area (Å²) in [6.45, 7) is 2.49. The number of esters is 1. The van der Waals surface area contributed by atoms with E-state index in [1.165, 1.54) is 0 Å². The molecule has 1 aliphatic rings. The summed E-state index contributed by atoms with van der Waals surface area (Å²) < 4.78 is 27.0. The fourth-order valence-corrected chi connectivity index (χ4v) is 5.00. The third kappa shape index (κ3) is 4.97. The molecule has 0 amide bonds. The summed E-state index contributed by atoms with van der Waals surface area (Å²) in [6.07, 6.45) is 1.68. The van der Waals surface area contributed by atoms with Crippen molar-refractivity contribution in [1.29, 1.82) is 0 Å². The molecule has 10 nitrogen and oxygen atoms in total. The minimum absolute atomic E-state index is 0.00366. The summed E-state index contributed by atoms with van der Waals surface area (Å²) in [7, 11) is 3.22. The van der Waals surface area contributed by atoms with E-state index in [0.717, 1.165) is 22.5 Å². The first-order chi connectivity index (χ1) is 18.5. The van der Waals surface area contributed by atoms with Gasteiger partial charge in [-0.15, -0.1) is 5.10 Å². The highest BCUT2D eigenvalue weighted by Crippen LogP contribution is 2.46. The van der Waals surface area contributed by atoms with E-state index in [9.17, 15) is 4.79 Å². The Labute approximate surface area is 225 Å². The van der Waals surface area contributed by atoms with Crippen LogP contribution in [0.3, 0.4) is 0 Å². The van der Waals surface area contributed by atoms with E-state index < -0.39 is 6.10 Å². The van der Waals surface area contributed by atoms with Crippen LogP contribution in [-0.2, 0) is 27.2 Å². The molecule has 0 radical (unpaired) electrons. The quantitative estimate of drug-likeness (QED) is 0.288. The number of rotatable bonds is 9. The summed E-state index contributed by atoms with van der Waals surface area (Å²) in [6, 6.07) is 15.5. The molecule has 0 aliphatic carbocycles. The number of ether oxygens (including phenoxy) is 4. The van der Waals surface area contributed by atoms with E-state index in [2.05, 4.69) is 20.1 Å². The molecular formula is C27H28ClN5O5. The number of hydrogen-bond donors (Lipinski definition) is 0. The molecule has 198 valence electrons. The second-order valence-corrected chi connectivity index (χ2v) is 9.12. The van der Waals surface area contributed by atoms with Crippen LogP contribution in [0.2, 0.25) is 5.02 Å². The Balaban J connectivity index is 1.53. The van der Waals surface area contributed by atoms with Crippen molar-refractivity contribution in [3.8, 4) is 17.2 Å². The van der Waals surface area contributed by atoms with Gasteiger partial charge in [-0.3, -0.25) is 4.79 Å². The molecule has 1 aliphatic heterocycles. The predicted molar refractivity (Wildman–Crippen MR) is 139 cm³/mol. The third-order valence-corrected chi connectivity index (χ3v) is 6.71. The van der Waals surface area contributed by atoms with Gasteiger partial charge in [0.15, 0.2) is 17.3 Å². The summed E-state index contributed by atoms with van der Waals surface area (Å²) in [5.74, 6) is 1.26. The largest absolute Gasteiger partial charge is 0.493 e. The van der Waals surface area contributed by atoms with Crippen LogP contribution < -0.4 is 9.47 Å². The van der Waals surface area contributed by atoms with Gasteiger partial charge in [-0.25, -0.2) is 4.68 Å². The summed E-state index contributed by atoms with van der Waals surface area (Å²) in [5.41, 5.74) is 3.64. The van der Waals surface area contributed by atoms with Crippen molar-refractivity contribution in [2.45, 2.75) is 38.5 Å². The lowest BCUT2D eigenvalue weighted by Gasteiger charge is -2.25. The van der Waals surface area contributed by atoms with Crippen molar-refractivity contribution >= 4 is 17.6 Å². The SMILES string of the molecule is CCOC(=O)Cc1nnnn1CC[C@H]1O[C@H](c2cccc(OC)c2OC)c2cc(Cl)ccc2-n2cccc21. The van der Waals surface area contributed by atoms with Crippen molar-refractivity contribution in [2.75, 3.05) is 20.8 Å². The Morgan fingerprint density at radius 3 is 2.76 bits per heavy atom. The highest BCUT2D eigenvalue weighted by molar-refractivity contribution is 6.30. The van der Waals surface area contributed by atoms with E-state index in [0.29, 0.717) is 41.9 Å². The number of nitrogens with zero attached hydrogens (tertiary/aromatic N) is 5. The van der Waals surface area contributed by atoms with Crippen molar-refractivity contribution in [1.82, 2.24) is 24.8 Å². The van der Waals surface area contributed by atoms with Crippen molar-refractivity contribution in [3.63, 3.8) is 0 Å². The molecule has 0 spiro atoms. The molecule has 3 heterocycles. The molecule has 0 saturated heterocycles. The zero-order valence-corrected chi connectivity index (χ0v) is 22.1. The minimum atomic E-state index is -0.508. The molecule has 38 heavy (non-hydrogen) atoms. The fourth-order valence-electron chi connectivity index (χ4n) is 4.82. The lowest BCUT2D eigenvalue weighted by Crippen LogP contribution is -2.17. The molecule has 0 bridgehead atoms. The number of aryl methyl sites for hydroxylation is 1. The standard InChI is InChI=1S/C27H28ClN5O5/c1-4-37-25(34)16-24-29-30-31-33(24)14-12-22-21-8-6-13-32(21)20-11-10-17(28)15-19(20)26(38-22)18-7-5-9-23(35-2)27(18)36-3/h5-11,13,15,22,26H,4,12,14,16H2,1-3H3/t22-,26-/m1/s1. The average molecular weight is 538 g/mol. The van der Waals surface area contributed by atoms with E-state index in [1.54, 1.807) is 25.8 Å². The topological polar surface area (TPSA) is 103 Å². The Hall–Kier alpha value is -3.89. The summed E-state index contributed by atoms with van der Waals surface area (Å²) in [4.78, 5) is 12.0. The zero-order valence-electron chi connectivity index (χ0n) is 21.3. The van der Waals surface area contributed by atoms with E-state index >= 15 is 0 Å². The van der Waals surface area contributed by atoms with Gasteiger partial charge in [0.25, 0.3) is 0 Å². The third-order valence-electron chi connectivity index (χ3n) is 6.47. The first-order valence-corrected chi connectivity index (χ1v) is 12.7. The summed E-state index contributed by atoms with van der Waals surface area (Å²) >= 11 is 6.48. The molecule has 2 atom stereocenters. The van der Waals surface area contributed by atoms with Gasteiger partial charge in [0.1, 0.15) is 18.6 Å². The molecule has 2 aromatic heterocycles. The molecule has 5 rings (SSSR count). The number of fused-ring (bicyclic) bond motifs is 3. The Morgan fingerprint density at radius 2 is 1.97 bits per heavy atom. The zero-order chi connectivity index (χ0) is 26.6. The summed E-state index contributed by atoms with van der Waals surface area (Å²) in [5, 5.41) is 12.5. The number of tetrazole rings is 1. The van der Waals surface area contributed by atoms with Gasteiger partial charge in [0.05, 0.1) is 32.2 Å². The van der Waals surface area contributed by atoms with Gasteiger partial charge in [0.2, 0.25) is 0 Å². The normalized spacial score (nSPS) is 16.3. The highest BCUT2D eigenvalue weighted by atomic mass is 35.5. The van der Waals surface area contributed by atoms with Crippen molar-refractivity contribution in [2.24, 2.45) is 0 Å². The number of halogens is 1. The number of para-hydroxylation sites is 1.